The van der Waals surface area contributed by atoms with Crippen molar-refractivity contribution >= 4 is 17.3 Å². The molecule has 1 saturated heterocycles. The predicted octanol–water partition coefficient (Wildman–Crippen LogP) is 3.92. The molecule has 0 atom stereocenters. The van der Waals surface area contributed by atoms with Crippen molar-refractivity contribution in [3.05, 3.63) is 81.0 Å². The fourth-order valence-electron chi connectivity index (χ4n) is 3.58. The topological polar surface area (TPSA) is 56.6 Å². The van der Waals surface area contributed by atoms with Crippen LogP contribution in [0.3, 0.4) is 0 Å². The Morgan fingerprint density at radius 3 is 2.63 bits per heavy atom. The highest BCUT2D eigenvalue weighted by molar-refractivity contribution is 6.33. The second-order valence-corrected chi connectivity index (χ2v) is 7.73. The molecule has 6 nitrogen and oxygen atoms in total. The molecule has 0 aliphatic carbocycles. The van der Waals surface area contributed by atoms with Gasteiger partial charge in [-0.25, -0.2) is 4.98 Å². The summed E-state index contributed by atoms with van der Waals surface area (Å²) in [4.78, 5) is 19.6. The molecule has 0 spiro atoms. The van der Waals surface area contributed by atoms with Crippen LogP contribution in [0.15, 0.2) is 53.3 Å². The highest BCUT2D eigenvalue weighted by atomic mass is 35.5. The molecule has 1 aliphatic rings. The molecule has 1 aromatic heterocycles. The third-order valence-electron chi connectivity index (χ3n) is 5.01. The highest BCUT2D eigenvalue weighted by Gasteiger charge is 2.16. The first-order chi connectivity index (χ1) is 14.5. The standard InChI is InChI=1S/C23H24ClN3O3/c1-16-4-3-5-19(12-16)30-15-22-25-17(2)13-23(28)27(22)18-6-7-21(20(24)14-18)26-8-10-29-11-9-26/h3-7,12-14H,8-11,15H2,1-2H3. The van der Waals surface area contributed by atoms with E-state index in [1.165, 1.54) is 6.07 Å². The summed E-state index contributed by atoms with van der Waals surface area (Å²) in [6.07, 6.45) is 0. The average molecular weight is 426 g/mol. The molecule has 4 rings (SSSR count). The van der Waals surface area contributed by atoms with Gasteiger partial charge in [0.25, 0.3) is 5.56 Å². The van der Waals surface area contributed by atoms with Gasteiger partial charge in [-0.1, -0.05) is 23.7 Å². The Bertz CT molecular complexity index is 1110. The van der Waals surface area contributed by atoms with E-state index >= 15 is 0 Å². The van der Waals surface area contributed by atoms with E-state index in [-0.39, 0.29) is 12.2 Å². The van der Waals surface area contributed by atoms with Gasteiger partial charge in [-0.15, -0.1) is 0 Å². The lowest BCUT2D eigenvalue weighted by molar-refractivity contribution is 0.122. The Labute approximate surface area is 180 Å². The smallest absolute Gasteiger partial charge is 0.258 e. The molecule has 30 heavy (non-hydrogen) atoms. The molecule has 2 aromatic carbocycles. The molecule has 3 aromatic rings. The number of halogens is 1. The van der Waals surface area contributed by atoms with E-state index in [2.05, 4.69) is 9.88 Å². The Hall–Kier alpha value is -2.83. The van der Waals surface area contributed by atoms with Gasteiger partial charge in [0.1, 0.15) is 12.4 Å². The van der Waals surface area contributed by atoms with E-state index in [1.54, 1.807) is 17.6 Å². The summed E-state index contributed by atoms with van der Waals surface area (Å²) < 4.78 is 12.9. The van der Waals surface area contributed by atoms with Crippen LogP contribution in [-0.2, 0) is 11.3 Å². The van der Waals surface area contributed by atoms with Crippen LogP contribution in [-0.4, -0.2) is 35.9 Å². The molecular formula is C23H24ClN3O3. The molecule has 156 valence electrons. The van der Waals surface area contributed by atoms with Gasteiger partial charge in [0.15, 0.2) is 5.82 Å². The second-order valence-electron chi connectivity index (χ2n) is 7.33. The summed E-state index contributed by atoms with van der Waals surface area (Å²) in [5.41, 5.74) is 3.19. The molecule has 0 bridgehead atoms. The van der Waals surface area contributed by atoms with Crippen molar-refractivity contribution in [1.29, 1.82) is 0 Å². The molecule has 1 fully saturated rings. The predicted molar refractivity (Wildman–Crippen MR) is 118 cm³/mol. The average Bonchev–Trinajstić information content (AvgIpc) is 2.72. The molecule has 7 heteroatoms. The number of benzene rings is 2. The van der Waals surface area contributed by atoms with E-state index in [4.69, 9.17) is 21.1 Å². The van der Waals surface area contributed by atoms with Crippen LogP contribution in [0.2, 0.25) is 5.02 Å². The number of hydrogen-bond donors (Lipinski definition) is 0. The van der Waals surface area contributed by atoms with Crippen molar-refractivity contribution in [2.75, 3.05) is 31.2 Å². The largest absolute Gasteiger partial charge is 0.486 e. The van der Waals surface area contributed by atoms with Gasteiger partial charge in [-0.2, -0.15) is 0 Å². The molecule has 0 N–H and O–H groups in total. The van der Waals surface area contributed by atoms with Crippen LogP contribution in [0.4, 0.5) is 5.69 Å². The summed E-state index contributed by atoms with van der Waals surface area (Å²) >= 11 is 6.59. The van der Waals surface area contributed by atoms with Gasteiger partial charge in [0, 0.05) is 24.8 Å². The fourth-order valence-corrected chi connectivity index (χ4v) is 3.87. The molecule has 0 radical (unpaired) electrons. The lowest BCUT2D eigenvalue weighted by atomic mass is 10.2. The first-order valence-electron chi connectivity index (χ1n) is 9.93. The summed E-state index contributed by atoms with van der Waals surface area (Å²) in [6, 6.07) is 14.9. The zero-order valence-electron chi connectivity index (χ0n) is 17.1. The lowest BCUT2D eigenvalue weighted by Crippen LogP contribution is -2.36. The Morgan fingerprint density at radius 2 is 1.90 bits per heavy atom. The second kappa shape index (κ2) is 8.90. The van der Waals surface area contributed by atoms with E-state index < -0.39 is 0 Å². The number of aryl methyl sites for hydroxylation is 2. The Balaban J connectivity index is 1.66. The van der Waals surface area contributed by atoms with Crippen molar-refractivity contribution in [3.8, 4) is 11.4 Å². The van der Waals surface area contributed by atoms with Crippen LogP contribution in [0.1, 0.15) is 17.1 Å². The zero-order chi connectivity index (χ0) is 21.1. The van der Waals surface area contributed by atoms with Crippen LogP contribution >= 0.6 is 11.6 Å². The van der Waals surface area contributed by atoms with Crippen molar-refractivity contribution in [2.45, 2.75) is 20.5 Å². The monoisotopic (exact) mass is 425 g/mol. The summed E-state index contributed by atoms with van der Waals surface area (Å²) in [5, 5.41) is 0.590. The minimum atomic E-state index is -0.166. The van der Waals surface area contributed by atoms with E-state index in [0.717, 1.165) is 30.1 Å². The number of anilines is 1. The zero-order valence-corrected chi connectivity index (χ0v) is 17.9. The van der Waals surface area contributed by atoms with E-state index in [1.807, 2.05) is 43.3 Å². The maximum atomic E-state index is 12.8. The van der Waals surface area contributed by atoms with Gasteiger partial charge < -0.3 is 14.4 Å². The number of ether oxygens (including phenoxy) is 2. The highest BCUT2D eigenvalue weighted by Crippen LogP contribution is 2.29. The van der Waals surface area contributed by atoms with E-state index in [0.29, 0.717) is 35.4 Å². The lowest BCUT2D eigenvalue weighted by Gasteiger charge is -2.29. The Morgan fingerprint density at radius 1 is 1.10 bits per heavy atom. The maximum absolute atomic E-state index is 12.8. The minimum absolute atomic E-state index is 0.166. The molecule has 0 saturated carbocycles. The summed E-state index contributed by atoms with van der Waals surface area (Å²) in [7, 11) is 0. The SMILES string of the molecule is Cc1cccc(OCc2nc(C)cc(=O)n2-c2ccc(N3CCOCC3)c(Cl)c2)c1. The first-order valence-corrected chi connectivity index (χ1v) is 10.3. The van der Waals surface area contributed by atoms with Crippen molar-refractivity contribution in [2.24, 2.45) is 0 Å². The maximum Gasteiger partial charge on any atom is 0.258 e. The molecule has 2 heterocycles. The molecule has 1 aliphatic heterocycles. The Kier molecular flexibility index (Phi) is 6.06. The van der Waals surface area contributed by atoms with Crippen LogP contribution in [0, 0.1) is 13.8 Å². The molecule has 0 amide bonds. The van der Waals surface area contributed by atoms with Crippen LogP contribution in [0.5, 0.6) is 5.75 Å². The first kappa shape index (κ1) is 20.4. The number of hydrogen-bond acceptors (Lipinski definition) is 5. The number of nitrogens with zero attached hydrogens (tertiary/aromatic N) is 3. The fraction of sp³-hybridized carbons (Fsp3) is 0.304. The third-order valence-corrected chi connectivity index (χ3v) is 5.32. The van der Waals surface area contributed by atoms with Crippen molar-refractivity contribution in [3.63, 3.8) is 0 Å². The number of aromatic nitrogens is 2. The van der Waals surface area contributed by atoms with Gasteiger partial charge in [-0.05, 0) is 49.7 Å². The molecule has 0 unspecified atom stereocenters. The quantitative estimate of drug-likeness (QED) is 0.620. The van der Waals surface area contributed by atoms with Gasteiger partial charge in [0.2, 0.25) is 0 Å². The normalized spacial score (nSPS) is 14.0. The van der Waals surface area contributed by atoms with Crippen molar-refractivity contribution in [1.82, 2.24) is 9.55 Å². The minimum Gasteiger partial charge on any atom is -0.486 e. The number of rotatable bonds is 5. The number of morpholine rings is 1. The van der Waals surface area contributed by atoms with Crippen LogP contribution < -0.4 is 15.2 Å². The van der Waals surface area contributed by atoms with E-state index in [9.17, 15) is 4.79 Å². The van der Waals surface area contributed by atoms with Crippen molar-refractivity contribution < 1.29 is 9.47 Å². The summed E-state index contributed by atoms with van der Waals surface area (Å²) in [6.45, 7) is 6.92. The van der Waals surface area contributed by atoms with Gasteiger partial charge in [-0.3, -0.25) is 9.36 Å². The summed E-state index contributed by atoms with van der Waals surface area (Å²) in [5.74, 6) is 1.26. The van der Waals surface area contributed by atoms with Gasteiger partial charge in [0.05, 0.1) is 29.6 Å². The third kappa shape index (κ3) is 4.50. The van der Waals surface area contributed by atoms with Crippen LogP contribution in [0.25, 0.3) is 5.69 Å². The van der Waals surface area contributed by atoms with Gasteiger partial charge >= 0.3 is 0 Å². The molecular weight excluding hydrogens is 402 g/mol.